The van der Waals surface area contributed by atoms with Gasteiger partial charge in [0.2, 0.25) is 15.9 Å². The highest BCUT2D eigenvalue weighted by atomic mass is 32.2. The monoisotopic (exact) mass is 368 g/mol. The fourth-order valence-electron chi connectivity index (χ4n) is 2.71. The lowest BCUT2D eigenvalue weighted by atomic mass is 10.1. The molecule has 0 aromatic heterocycles. The van der Waals surface area contributed by atoms with Crippen LogP contribution in [-0.2, 0) is 26.0 Å². The first kappa shape index (κ1) is 19.4. The third-order valence-electron chi connectivity index (χ3n) is 4.56. The number of likely N-dealkylation sites (N-methyl/N-ethyl adjacent to an activating group) is 1. The van der Waals surface area contributed by atoms with Gasteiger partial charge in [0.15, 0.2) is 0 Å². The summed E-state index contributed by atoms with van der Waals surface area (Å²) in [5.41, 5.74) is 0.645. The Bertz CT molecular complexity index is 724. The molecule has 8 heteroatoms. The van der Waals surface area contributed by atoms with Gasteiger partial charge in [-0.05, 0) is 37.5 Å². The van der Waals surface area contributed by atoms with Gasteiger partial charge in [-0.2, -0.15) is 4.31 Å². The smallest absolute Gasteiger partial charge is 0.326 e. The molecule has 1 amide bonds. The van der Waals surface area contributed by atoms with Gasteiger partial charge in [-0.1, -0.05) is 18.6 Å². The zero-order valence-corrected chi connectivity index (χ0v) is 15.3. The summed E-state index contributed by atoms with van der Waals surface area (Å²) in [6.07, 6.45) is 2.83. The first-order chi connectivity index (χ1) is 11.7. The van der Waals surface area contributed by atoms with Crippen LogP contribution < -0.4 is 0 Å². The number of nitrogens with zero attached hydrogens (tertiary/aromatic N) is 2. The first-order valence-electron chi connectivity index (χ1n) is 8.31. The quantitative estimate of drug-likeness (QED) is 0.817. The molecule has 0 aliphatic carbocycles. The van der Waals surface area contributed by atoms with Crippen LogP contribution in [-0.4, -0.2) is 60.8 Å². The van der Waals surface area contributed by atoms with Gasteiger partial charge in [0.1, 0.15) is 6.04 Å². The van der Waals surface area contributed by atoms with Crippen molar-refractivity contribution in [3.63, 3.8) is 0 Å². The van der Waals surface area contributed by atoms with Gasteiger partial charge in [-0.3, -0.25) is 4.79 Å². The van der Waals surface area contributed by atoms with E-state index in [2.05, 4.69) is 0 Å². The number of amides is 1. The molecule has 1 atom stereocenters. The van der Waals surface area contributed by atoms with E-state index >= 15 is 0 Å². The number of hydrogen-bond donors (Lipinski definition) is 1. The lowest BCUT2D eigenvalue weighted by Gasteiger charge is -2.26. The van der Waals surface area contributed by atoms with Crippen molar-refractivity contribution in [2.24, 2.45) is 0 Å². The van der Waals surface area contributed by atoms with Gasteiger partial charge < -0.3 is 10.0 Å². The van der Waals surface area contributed by atoms with Gasteiger partial charge >= 0.3 is 5.97 Å². The van der Waals surface area contributed by atoms with E-state index in [1.807, 2.05) is 0 Å². The van der Waals surface area contributed by atoms with Crippen molar-refractivity contribution in [1.82, 2.24) is 9.21 Å². The molecule has 1 N–H and O–H groups in total. The summed E-state index contributed by atoms with van der Waals surface area (Å²) >= 11 is 0. The van der Waals surface area contributed by atoms with E-state index in [9.17, 15) is 18.0 Å². The van der Waals surface area contributed by atoms with Crippen molar-refractivity contribution in [3.8, 4) is 0 Å². The maximum Gasteiger partial charge on any atom is 0.326 e. The molecule has 1 unspecified atom stereocenters. The van der Waals surface area contributed by atoms with Crippen LogP contribution in [0.1, 0.15) is 31.7 Å². The number of sulfonamides is 1. The molecule has 1 aromatic carbocycles. The predicted octanol–water partition coefficient (Wildman–Crippen LogP) is 1.34. The number of carbonyl (C=O) groups is 2. The highest BCUT2D eigenvalue weighted by molar-refractivity contribution is 7.89. The lowest BCUT2D eigenvalue weighted by Crippen LogP contribution is -2.41. The molecule has 0 saturated carbocycles. The molecule has 0 radical (unpaired) electrons. The first-order valence-corrected chi connectivity index (χ1v) is 9.75. The number of carboxylic acid groups (broad SMARTS) is 1. The Labute approximate surface area is 148 Å². The number of benzene rings is 1. The molecule has 25 heavy (non-hydrogen) atoms. The molecule has 7 nitrogen and oxygen atoms in total. The summed E-state index contributed by atoms with van der Waals surface area (Å²) in [5, 5.41) is 8.95. The zero-order valence-electron chi connectivity index (χ0n) is 14.5. The largest absolute Gasteiger partial charge is 0.480 e. The molecular weight excluding hydrogens is 344 g/mol. The molecule has 1 aliphatic rings. The summed E-state index contributed by atoms with van der Waals surface area (Å²) in [6.45, 7) is 2.52. The van der Waals surface area contributed by atoms with Crippen LogP contribution in [0.2, 0.25) is 0 Å². The maximum atomic E-state index is 12.6. The standard InChI is InChI=1S/C17H24N2O5S/c1-13(17(21)22)18(2)16(20)12-14-6-8-15(9-7-14)25(23,24)19-10-4-3-5-11-19/h6-9,13H,3-5,10-12H2,1-2H3,(H,21,22). The van der Waals surface area contributed by atoms with E-state index in [-0.39, 0.29) is 17.2 Å². The number of aliphatic carboxylic acids is 1. The maximum absolute atomic E-state index is 12.6. The Hall–Kier alpha value is -1.93. The summed E-state index contributed by atoms with van der Waals surface area (Å²) in [7, 11) is -2.05. The second kappa shape index (κ2) is 7.97. The summed E-state index contributed by atoms with van der Waals surface area (Å²) in [5.74, 6) is -1.40. The van der Waals surface area contributed by atoms with Crippen molar-refractivity contribution < 1.29 is 23.1 Å². The number of hydrogen-bond acceptors (Lipinski definition) is 4. The van der Waals surface area contributed by atoms with Crippen LogP contribution in [0.5, 0.6) is 0 Å². The third-order valence-corrected chi connectivity index (χ3v) is 6.48. The molecule has 0 spiro atoms. The Morgan fingerprint density at radius 1 is 1.16 bits per heavy atom. The Kier molecular flexibility index (Phi) is 6.18. The van der Waals surface area contributed by atoms with Crippen molar-refractivity contribution in [1.29, 1.82) is 0 Å². The summed E-state index contributed by atoms with van der Waals surface area (Å²) in [6, 6.07) is 5.31. The van der Waals surface area contributed by atoms with Crippen LogP contribution in [0.15, 0.2) is 29.2 Å². The van der Waals surface area contributed by atoms with Crippen molar-refractivity contribution in [3.05, 3.63) is 29.8 Å². The van der Waals surface area contributed by atoms with Crippen molar-refractivity contribution in [2.45, 2.75) is 43.5 Å². The minimum atomic E-state index is -3.49. The van der Waals surface area contributed by atoms with E-state index in [4.69, 9.17) is 5.11 Å². The molecule has 0 bridgehead atoms. The lowest BCUT2D eigenvalue weighted by molar-refractivity contribution is -0.148. The zero-order chi connectivity index (χ0) is 18.6. The van der Waals surface area contributed by atoms with E-state index in [0.29, 0.717) is 18.7 Å². The topological polar surface area (TPSA) is 95.0 Å². The van der Waals surface area contributed by atoms with Gasteiger partial charge in [-0.25, -0.2) is 13.2 Å². The van der Waals surface area contributed by atoms with Gasteiger partial charge in [-0.15, -0.1) is 0 Å². The molecule has 1 saturated heterocycles. The molecular formula is C17H24N2O5S. The van der Waals surface area contributed by atoms with Crippen LogP contribution in [0, 0.1) is 0 Å². The minimum absolute atomic E-state index is 0.0260. The second-order valence-corrected chi connectivity index (χ2v) is 8.24. The molecule has 1 heterocycles. The van der Waals surface area contributed by atoms with Crippen LogP contribution in [0.3, 0.4) is 0 Å². The molecule has 1 aromatic rings. The van der Waals surface area contributed by atoms with E-state index in [1.165, 1.54) is 35.3 Å². The number of piperidine rings is 1. The molecule has 1 fully saturated rings. The highest BCUT2D eigenvalue weighted by Gasteiger charge is 2.26. The fourth-order valence-corrected chi connectivity index (χ4v) is 4.23. The summed E-state index contributed by atoms with van der Waals surface area (Å²) < 4.78 is 26.7. The van der Waals surface area contributed by atoms with E-state index in [1.54, 1.807) is 12.1 Å². The third kappa shape index (κ3) is 4.58. The Morgan fingerprint density at radius 3 is 2.24 bits per heavy atom. The van der Waals surface area contributed by atoms with E-state index < -0.39 is 22.0 Å². The predicted molar refractivity (Wildman–Crippen MR) is 92.6 cm³/mol. The van der Waals surface area contributed by atoms with Crippen LogP contribution in [0.25, 0.3) is 0 Å². The molecule has 138 valence electrons. The van der Waals surface area contributed by atoms with Crippen LogP contribution in [0.4, 0.5) is 0 Å². The van der Waals surface area contributed by atoms with Gasteiger partial charge in [0.05, 0.1) is 11.3 Å². The average molecular weight is 368 g/mol. The normalized spacial score (nSPS) is 17.0. The fraction of sp³-hybridized carbons (Fsp3) is 0.529. The van der Waals surface area contributed by atoms with Crippen molar-refractivity contribution >= 4 is 21.9 Å². The second-order valence-electron chi connectivity index (χ2n) is 6.30. The van der Waals surface area contributed by atoms with Crippen molar-refractivity contribution in [2.75, 3.05) is 20.1 Å². The molecule has 2 rings (SSSR count). The van der Waals surface area contributed by atoms with Crippen LogP contribution >= 0.6 is 0 Å². The number of carboxylic acids is 1. The van der Waals surface area contributed by atoms with Gasteiger partial charge in [0, 0.05) is 20.1 Å². The number of rotatable bonds is 6. The molecule has 1 aliphatic heterocycles. The Balaban J connectivity index is 2.07. The van der Waals surface area contributed by atoms with E-state index in [0.717, 1.165) is 19.3 Å². The number of carbonyl (C=O) groups excluding carboxylic acids is 1. The van der Waals surface area contributed by atoms with Gasteiger partial charge in [0.25, 0.3) is 0 Å². The average Bonchev–Trinajstić information content (AvgIpc) is 2.61. The highest BCUT2D eigenvalue weighted by Crippen LogP contribution is 2.21. The SMILES string of the molecule is CC(C(=O)O)N(C)C(=O)Cc1ccc(S(=O)(=O)N2CCCCC2)cc1. The summed E-state index contributed by atoms with van der Waals surface area (Å²) in [4.78, 5) is 24.4. The Morgan fingerprint density at radius 2 is 1.72 bits per heavy atom. The minimum Gasteiger partial charge on any atom is -0.480 e.